The Morgan fingerprint density at radius 2 is 1.88 bits per heavy atom. The van der Waals surface area contributed by atoms with Crippen LogP contribution < -0.4 is 14.8 Å². The second kappa shape index (κ2) is 7.78. The molecule has 1 atom stereocenters. The Balaban J connectivity index is 1.77. The average molecular weight is 375 g/mol. The number of amides is 1. The summed E-state index contributed by atoms with van der Waals surface area (Å²) in [5.74, 6) is 0.288. The van der Waals surface area contributed by atoms with Gasteiger partial charge in [0.15, 0.2) is 17.6 Å². The fraction of sp³-hybridized carbons (Fsp3) is 0.368. The van der Waals surface area contributed by atoms with Gasteiger partial charge in [0.05, 0.1) is 19.8 Å². The van der Waals surface area contributed by atoms with Crippen molar-refractivity contribution in [3.63, 3.8) is 0 Å². The van der Waals surface area contributed by atoms with E-state index in [2.05, 4.69) is 5.32 Å². The first-order valence-corrected chi connectivity index (χ1v) is 9.20. The maximum atomic E-state index is 12.6. The molecule has 138 valence electrons. The minimum Gasteiger partial charge on any atom is -0.493 e. The van der Waals surface area contributed by atoms with Gasteiger partial charge < -0.3 is 19.5 Å². The zero-order valence-electron chi connectivity index (χ0n) is 15.0. The number of hydrogen-bond donors (Lipinski definition) is 1. The van der Waals surface area contributed by atoms with Crippen LogP contribution in [0, 0.1) is 0 Å². The smallest absolute Gasteiger partial charge is 0.341 e. The van der Waals surface area contributed by atoms with Gasteiger partial charge in [-0.15, -0.1) is 11.3 Å². The van der Waals surface area contributed by atoms with Gasteiger partial charge in [0, 0.05) is 4.88 Å². The van der Waals surface area contributed by atoms with Gasteiger partial charge in [-0.2, -0.15) is 0 Å². The molecule has 2 aromatic rings. The first-order chi connectivity index (χ1) is 12.5. The third kappa shape index (κ3) is 3.53. The summed E-state index contributed by atoms with van der Waals surface area (Å²) < 4.78 is 15.9. The van der Waals surface area contributed by atoms with E-state index in [1.54, 1.807) is 26.2 Å². The third-order valence-corrected chi connectivity index (χ3v) is 5.50. The van der Waals surface area contributed by atoms with Gasteiger partial charge >= 0.3 is 5.97 Å². The lowest BCUT2D eigenvalue weighted by atomic mass is 10.1. The molecule has 0 fully saturated rings. The monoisotopic (exact) mass is 375 g/mol. The number of aryl methyl sites for hydroxylation is 1. The number of benzene rings is 1. The normalized spacial score (nSPS) is 13.7. The molecule has 0 radical (unpaired) electrons. The molecular weight excluding hydrogens is 354 g/mol. The molecule has 6 nitrogen and oxygen atoms in total. The van der Waals surface area contributed by atoms with Crippen molar-refractivity contribution in [3.05, 3.63) is 40.3 Å². The molecule has 0 spiro atoms. The number of esters is 1. The van der Waals surface area contributed by atoms with Crippen LogP contribution in [-0.4, -0.2) is 32.2 Å². The highest BCUT2D eigenvalue weighted by Gasteiger charge is 2.29. The number of carbonyl (C=O) groups excluding carboxylic acids is 2. The molecule has 1 heterocycles. The number of rotatable bonds is 6. The van der Waals surface area contributed by atoms with Crippen molar-refractivity contribution in [2.45, 2.75) is 32.3 Å². The van der Waals surface area contributed by atoms with E-state index < -0.39 is 12.1 Å². The summed E-state index contributed by atoms with van der Waals surface area (Å²) in [4.78, 5) is 25.9. The first-order valence-electron chi connectivity index (χ1n) is 8.38. The molecule has 1 aromatic heterocycles. The fourth-order valence-corrected chi connectivity index (χ4v) is 4.26. The number of carbonyl (C=O) groups is 2. The summed E-state index contributed by atoms with van der Waals surface area (Å²) in [5, 5.41) is 3.36. The average Bonchev–Trinajstić information content (AvgIpc) is 3.22. The summed E-state index contributed by atoms with van der Waals surface area (Å²) in [6, 6.07) is 7.13. The Morgan fingerprint density at radius 3 is 2.58 bits per heavy atom. The molecule has 3 rings (SSSR count). The second-order valence-electron chi connectivity index (χ2n) is 5.95. The van der Waals surface area contributed by atoms with Crippen molar-refractivity contribution >= 4 is 28.2 Å². The molecule has 7 heteroatoms. The van der Waals surface area contributed by atoms with Gasteiger partial charge in [0.1, 0.15) is 5.00 Å². The molecule has 1 aliphatic rings. The fourth-order valence-electron chi connectivity index (χ4n) is 2.98. The van der Waals surface area contributed by atoms with Gasteiger partial charge in [0.25, 0.3) is 5.91 Å². The quantitative estimate of drug-likeness (QED) is 0.783. The minimum absolute atomic E-state index is 0.332. The van der Waals surface area contributed by atoms with Crippen molar-refractivity contribution in [2.75, 3.05) is 19.5 Å². The van der Waals surface area contributed by atoms with Gasteiger partial charge in [-0.3, -0.25) is 4.79 Å². The number of anilines is 1. The number of nitrogens with one attached hydrogen (secondary N) is 1. The Hall–Kier alpha value is -2.54. The zero-order chi connectivity index (χ0) is 18.7. The lowest BCUT2D eigenvalue weighted by molar-refractivity contribution is -0.122. The van der Waals surface area contributed by atoms with Crippen molar-refractivity contribution in [3.8, 4) is 11.5 Å². The molecule has 26 heavy (non-hydrogen) atoms. The number of ether oxygens (including phenoxy) is 3. The van der Waals surface area contributed by atoms with Gasteiger partial charge in [-0.1, -0.05) is 12.1 Å². The lowest BCUT2D eigenvalue weighted by Crippen LogP contribution is -2.30. The van der Waals surface area contributed by atoms with E-state index in [4.69, 9.17) is 14.2 Å². The number of hydrogen-bond acceptors (Lipinski definition) is 6. The van der Waals surface area contributed by atoms with E-state index in [1.807, 2.05) is 12.1 Å². The predicted octanol–water partition coefficient (Wildman–Crippen LogP) is 3.44. The molecule has 1 aliphatic carbocycles. The van der Waals surface area contributed by atoms with Crippen LogP contribution in [-0.2, 0) is 22.4 Å². The van der Waals surface area contributed by atoms with E-state index in [0.717, 1.165) is 29.7 Å². The summed E-state index contributed by atoms with van der Waals surface area (Å²) in [6.45, 7) is 1.65. The first kappa shape index (κ1) is 18.3. The Labute approximate surface area is 156 Å². The van der Waals surface area contributed by atoms with E-state index in [9.17, 15) is 9.59 Å². The van der Waals surface area contributed by atoms with Crippen molar-refractivity contribution in [1.29, 1.82) is 0 Å². The van der Waals surface area contributed by atoms with Crippen LogP contribution in [0.4, 0.5) is 5.00 Å². The van der Waals surface area contributed by atoms with Crippen LogP contribution in [0.1, 0.15) is 34.1 Å². The summed E-state index contributed by atoms with van der Waals surface area (Å²) in [6.07, 6.45) is 2.02. The highest BCUT2D eigenvalue weighted by molar-refractivity contribution is 7.17. The number of fused-ring (bicyclic) bond motifs is 1. The van der Waals surface area contributed by atoms with Crippen LogP contribution in [0.25, 0.3) is 0 Å². The number of methoxy groups -OCH3 is 2. The summed E-state index contributed by atoms with van der Waals surface area (Å²) >= 11 is 1.44. The van der Waals surface area contributed by atoms with Crippen molar-refractivity contribution in [1.82, 2.24) is 0 Å². The van der Waals surface area contributed by atoms with E-state index in [1.165, 1.54) is 18.4 Å². The molecule has 0 aliphatic heterocycles. The van der Waals surface area contributed by atoms with E-state index in [0.29, 0.717) is 22.1 Å². The number of para-hydroxylation sites is 2. The maximum absolute atomic E-state index is 12.6. The molecule has 1 unspecified atom stereocenters. The minimum atomic E-state index is -0.756. The molecule has 1 aromatic carbocycles. The van der Waals surface area contributed by atoms with Crippen LogP contribution in [0.5, 0.6) is 11.5 Å². The highest BCUT2D eigenvalue weighted by atomic mass is 32.1. The predicted molar refractivity (Wildman–Crippen MR) is 99.4 cm³/mol. The molecule has 0 saturated heterocycles. The summed E-state index contributed by atoms with van der Waals surface area (Å²) in [7, 11) is 2.89. The third-order valence-electron chi connectivity index (χ3n) is 4.29. The SMILES string of the molecule is COC(=O)c1c(NC(=O)C(C)Oc2ccccc2OC)sc2c1CCC2. The second-order valence-corrected chi connectivity index (χ2v) is 7.06. The highest BCUT2D eigenvalue weighted by Crippen LogP contribution is 2.39. The van der Waals surface area contributed by atoms with Crippen molar-refractivity contribution in [2.24, 2.45) is 0 Å². The van der Waals surface area contributed by atoms with Crippen molar-refractivity contribution < 1.29 is 23.8 Å². The van der Waals surface area contributed by atoms with Crippen LogP contribution in [0.3, 0.4) is 0 Å². The van der Waals surface area contributed by atoms with Gasteiger partial charge in [-0.05, 0) is 43.9 Å². The zero-order valence-corrected chi connectivity index (χ0v) is 15.8. The van der Waals surface area contributed by atoms with Gasteiger partial charge in [-0.25, -0.2) is 4.79 Å². The van der Waals surface area contributed by atoms with Crippen LogP contribution in [0.15, 0.2) is 24.3 Å². The Morgan fingerprint density at radius 1 is 1.15 bits per heavy atom. The standard InChI is InChI=1S/C19H21NO5S/c1-11(25-14-9-5-4-8-13(14)23-2)17(21)20-18-16(19(22)24-3)12-7-6-10-15(12)26-18/h4-5,8-9,11H,6-7,10H2,1-3H3,(H,20,21). The topological polar surface area (TPSA) is 73.9 Å². The lowest BCUT2D eigenvalue weighted by Gasteiger charge is -2.16. The molecule has 1 amide bonds. The van der Waals surface area contributed by atoms with Crippen LogP contribution in [0.2, 0.25) is 0 Å². The molecule has 0 saturated carbocycles. The maximum Gasteiger partial charge on any atom is 0.341 e. The Kier molecular flexibility index (Phi) is 5.46. The van der Waals surface area contributed by atoms with Crippen LogP contribution >= 0.6 is 11.3 Å². The Bertz CT molecular complexity index is 829. The largest absolute Gasteiger partial charge is 0.493 e. The summed E-state index contributed by atoms with van der Waals surface area (Å²) in [5.41, 5.74) is 1.47. The van der Waals surface area contributed by atoms with E-state index in [-0.39, 0.29) is 5.91 Å². The molecular formula is C19H21NO5S. The van der Waals surface area contributed by atoms with Gasteiger partial charge in [0.2, 0.25) is 0 Å². The molecule has 0 bridgehead atoms. The number of thiophene rings is 1. The van der Waals surface area contributed by atoms with E-state index >= 15 is 0 Å². The molecule has 1 N–H and O–H groups in total.